The van der Waals surface area contributed by atoms with Crippen LogP contribution in [0.1, 0.15) is 16.9 Å². The number of aromatic nitrogens is 3. The first-order valence-corrected chi connectivity index (χ1v) is 12.9. The zero-order chi connectivity index (χ0) is 24.3. The summed E-state index contributed by atoms with van der Waals surface area (Å²) in [6.45, 7) is 5.46. The van der Waals surface area contributed by atoms with Crippen molar-refractivity contribution in [3.63, 3.8) is 0 Å². The van der Waals surface area contributed by atoms with Crippen molar-refractivity contribution in [3.8, 4) is 16.9 Å². The van der Waals surface area contributed by atoms with Gasteiger partial charge in [0, 0.05) is 65.5 Å². The lowest BCUT2D eigenvalue weighted by molar-refractivity contribution is 0.141. The summed E-state index contributed by atoms with van der Waals surface area (Å²) >= 11 is 8.05. The van der Waals surface area contributed by atoms with Crippen LogP contribution in [0.5, 0.6) is 5.75 Å². The van der Waals surface area contributed by atoms with E-state index in [2.05, 4.69) is 9.88 Å². The summed E-state index contributed by atoms with van der Waals surface area (Å²) in [6.07, 6.45) is 4.63. The van der Waals surface area contributed by atoms with Crippen LogP contribution in [0.4, 0.5) is 0 Å². The summed E-state index contributed by atoms with van der Waals surface area (Å²) in [5.41, 5.74) is 3.10. The van der Waals surface area contributed by atoms with E-state index in [0.29, 0.717) is 10.9 Å². The summed E-state index contributed by atoms with van der Waals surface area (Å²) in [7, 11) is 1.64. The highest BCUT2D eigenvalue weighted by molar-refractivity contribution is 7.19. The normalized spacial score (nSPS) is 21.2. The van der Waals surface area contributed by atoms with Crippen molar-refractivity contribution in [1.29, 1.82) is 0 Å². The van der Waals surface area contributed by atoms with Crippen LogP contribution in [0.25, 0.3) is 21.3 Å². The third kappa shape index (κ3) is 3.99. The second kappa shape index (κ2) is 8.62. The zero-order valence-electron chi connectivity index (χ0n) is 19.5. The zero-order valence-corrected chi connectivity index (χ0v) is 21.1. The fraction of sp³-hybridized carbons (Fsp3) is 0.346. The van der Waals surface area contributed by atoms with Crippen LogP contribution < -0.4 is 16.0 Å². The van der Waals surface area contributed by atoms with Gasteiger partial charge in [0.25, 0.3) is 5.56 Å². The molecule has 2 bridgehead atoms. The minimum atomic E-state index is -0.342. The molecule has 5 heterocycles. The first-order valence-electron chi connectivity index (χ1n) is 11.7. The molecular formula is C26H25ClN4O3S. The number of pyridine rings is 1. The molecule has 0 saturated carbocycles. The number of halogens is 1. The van der Waals surface area contributed by atoms with Crippen LogP contribution in [0.3, 0.4) is 0 Å². The molecule has 2 saturated heterocycles. The molecular weight excluding hydrogens is 484 g/mol. The number of fused-ring (bicyclic) bond motifs is 3. The largest absolute Gasteiger partial charge is 0.488 e. The van der Waals surface area contributed by atoms with Crippen molar-refractivity contribution in [2.24, 2.45) is 13.0 Å². The van der Waals surface area contributed by atoms with E-state index in [1.54, 1.807) is 13.2 Å². The van der Waals surface area contributed by atoms with Crippen molar-refractivity contribution < 1.29 is 4.74 Å². The third-order valence-electron chi connectivity index (χ3n) is 7.09. The molecule has 2 aliphatic rings. The number of benzene rings is 1. The Morgan fingerprint density at radius 1 is 1.17 bits per heavy atom. The van der Waals surface area contributed by atoms with Gasteiger partial charge in [-0.15, -0.1) is 11.3 Å². The number of piperidine rings is 1. The molecule has 7 nitrogen and oxygen atoms in total. The maximum atomic E-state index is 12.5. The first kappa shape index (κ1) is 22.5. The van der Waals surface area contributed by atoms with Gasteiger partial charge < -0.3 is 9.30 Å². The molecule has 35 heavy (non-hydrogen) atoms. The van der Waals surface area contributed by atoms with Gasteiger partial charge in [0.05, 0.1) is 16.8 Å². The van der Waals surface area contributed by atoms with Crippen LogP contribution in [0.2, 0.25) is 5.02 Å². The lowest BCUT2D eigenvalue weighted by atomic mass is 10.00. The summed E-state index contributed by atoms with van der Waals surface area (Å²) in [4.78, 5) is 32.8. The van der Waals surface area contributed by atoms with Gasteiger partial charge in [0.1, 0.15) is 11.9 Å². The van der Waals surface area contributed by atoms with Gasteiger partial charge in [-0.3, -0.25) is 19.2 Å². The summed E-state index contributed by atoms with van der Waals surface area (Å²) in [6, 6.07) is 9.25. The number of rotatable bonds is 5. The molecule has 180 valence electrons. The lowest BCUT2D eigenvalue weighted by Crippen LogP contribution is -2.37. The topological polar surface area (TPSA) is 69.4 Å². The highest BCUT2D eigenvalue weighted by atomic mass is 35.5. The summed E-state index contributed by atoms with van der Waals surface area (Å²) < 4.78 is 10.3. The molecule has 0 radical (unpaired) electrons. The van der Waals surface area contributed by atoms with E-state index >= 15 is 0 Å². The van der Waals surface area contributed by atoms with E-state index < -0.39 is 0 Å². The Balaban J connectivity index is 1.43. The molecule has 6 rings (SSSR count). The Labute approximate surface area is 211 Å². The second-order valence-electron chi connectivity index (χ2n) is 9.48. The quantitative estimate of drug-likeness (QED) is 0.409. The van der Waals surface area contributed by atoms with E-state index in [1.165, 1.54) is 39.2 Å². The van der Waals surface area contributed by atoms with Gasteiger partial charge in [-0.05, 0) is 49.7 Å². The molecule has 2 fully saturated rings. The van der Waals surface area contributed by atoms with E-state index in [9.17, 15) is 9.59 Å². The van der Waals surface area contributed by atoms with Gasteiger partial charge in [-0.1, -0.05) is 11.6 Å². The number of ether oxygens (including phenoxy) is 1. The Kier molecular flexibility index (Phi) is 5.55. The maximum Gasteiger partial charge on any atom is 0.331 e. The van der Waals surface area contributed by atoms with Crippen molar-refractivity contribution in [1.82, 2.24) is 19.0 Å². The minimum absolute atomic E-state index is 0.180. The van der Waals surface area contributed by atoms with Crippen LogP contribution in [-0.4, -0.2) is 44.8 Å². The minimum Gasteiger partial charge on any atom is -0.488 e. The monoisotopic (exact) mass is 508 g/mol. The standard InChI is InChI=1S/C26H25ClN4O3S/c1-15-9-17(27)10-20(24(15)34-22-14-30-8-4-16(22)12-30)19-3-6-28-21-11-18(35-25(19)21)13-31-23(32)5-7-29(2)26(31)33/h3,5-7,9-11,16,22H,4,8,12-14H2,1-2H3/t16-,22-/m0/s1. The number of aryl methyl sites for hydroxylation is 2. The first-order chi connectivity index (χ1) is 16.9. The van der Waals surface area contributed by atoms with Gasteiger partial charge in [-0.2, -0.15) is 0 Å². The molecule has 0 N–H and O–H groups in total. The number of hydrogen-bond donors (Lipinski definition) is 0. The van der Waals surface area contributed by atoms with E-state index in [-0.39, 0.29) is 23.9 Å². The average molecular weight is 509 g/mol. The lowest BCUT2D eigenvalue weighted by Gasteiger charge is -2.26. The molecule has 1 aromatic carbocycles. The van der Waals surface area contributed by atoms with Gasteiger partial charge in [0.15, 0.2) is 0 Å². The molecule has 0 spiro atoms. The van der Waals surface area contributed by atoms with Crippen LogP contribution in [0, 0.1) is 12.8 Å². The molecule has 0 aliphatic carbocycles. The van der Waals surface area contributed by atoms with Crippen LogP contribution >= 0.6 is 22.9 Å². The second-order valence-corrected chi connectivity index (χ2v) is 11.1. The van der Waals surface area contributed by atoms with Crippen molar-refractivity contribution in [3.05, 3.63) is 79.0 Å². The predicted molar refractivity (Wildman–Crippen MR) is 139 cm³/mol. The predicted octanol–water partition coefficient (Wildman–Crippen LogP) is 3.92. The van der Waals surface area contributed by atoms with Crippen molar-refractivity contribution in [2.45, 2.75) is 26.0 Å². The summed E-state index contributed by atoms with van der Waals surface area (Å²) in [5, 5.41) is 0.655. The molecule has 3 atom stereocenters. The Morgan fingerprint density at radius 2 is 2.03 bits per heavy atom. The van der Waals surface area contributed by atoms with Gasteiger partial charge in [0.2, 0.25) is 0 Å². The molecule has 4 aromatic rings. The third-order valence-corrected chi connectivity index (χ3v) is 8.45. The Bertz CT molecular complexity index is 1570. The number of hydrogen-bond acceptors (Lipinski definition) is 6. The van der Waals surface area contributed by atoms with Crippen molar-refractivity contribution in [2.75, 3.05) is 19.6 Å². The van der Waals surface area contributed by atoms with Gasteiger partial charge in [-0.25, -0.2) is 4.79 Å². The Morgan fingerprint density at radius 3 is 2.80 bits per heavy atom. The SMILES string of the molecule is Cc1cc(Cl)cc(-c2ccnc3cc(Cn4c(=O)ccn(C)c4=O)sc23)c1O[C@H]1CN2CC[C@H]1C2. The highest BCUT2D eigenvalue weighted by Crippen LogP contribution is 2.43. The molecule has 2 aliphatic heterocycles. The number of thiophene rings is 1. The fourth-order valence-electron chi connectivity index (χ4n) is 5.30. The maximum absolute atomic E-state index is 12.5. The molecule has 3 aromatic heterocycles. The van der Waals surface area contributed by atoms with Crippen LogP contribution in [-0.2, 0) is 13.6 Å². The summed E-state index contributed by atoms with van der Waals surface area (Å²) in [5.74, 6) is 1.43. The van der Waals surface area contributed by atoms with E-state index in [1.807, 2.05) is 31.2 Å². The number of nitrogens with zero attached hydrogens (tertiary/aromatic N) is 4. The van der Waals surface area contributed by atoms with Gasteiger partial charge >= 0.3 is 5.69 Å². The average Bonchev–Trinajstić information content (AvgIpc) is 3.56. The van der Waals surface area contributed by atoms with Crippen molar-refractivity contribution >= 4 is 33.2 Å². The van der Waals surface area contributed by atoms with E-state index in [0.717, 1.165) is 57.2 Å². The van der Waals surface area contributed by atoms with E-state index in [4.69, 9.17) is 16.3 Å². The van der Waals surface area contributed by atoms with Crippen LogP contribution in [0.15, 0.2) is 52.3 Å². The Hall–Kier alpha value is -2.94. The highest BCUT2D eigenvalue weighted by Gasteiger charge is 2.40. The molecule has 1 unspecified atom stereocenters. The smallest absolute Gasteiger partial charge is 0.331 e. The fourth-order valence-corrected chi connectivity index (χ4v) is 6.70. The molecule has 0 amide bonds. The molecule has 9 heteroatoms.